The van der Waals surface area contributed by atoms with Gasteiger partial charge in [-0.1, -0.05) is 30.3 Å². The summed E-state index contributed by atoms with van der Waals surface area (Å²) in [6.07, 6.45) is 15.2. The van der Waals surface area contributed by atoms with Gasteiger partial charge < -0.3 is 13.9 Å². The minimum absolute atomic E-state index is 0.0357. The van der Waals surface area contributed by atoms with Crippen LogP contribution in [-0.4, -0.2) is 9.13 Å². The molecule has 0 amide bonds. The van der Waals surface area contributed by atoms with Crippen molar-refractivity contribution < 1.29 is 4.74 Å². The summed E-state index contributed by atoms with van der Waals surface area (Å²) >= 11 is 0. The highest BCUT2D eigenvalue weighted by Crippen LogP contribution is 2.41. The van der Waals surface area contributed by atoms with E-state index in [1.165, 1.54) is 44.9 Å². The van der Waals surface area contributed by atoms with Gasteiger partial charge in [0.25, 0.3) is 0 Å². The van der Waals surface area contributed by atoms with Gasteiger partial charge in [0.2, 0.25) is 5.43 Å². The minimum atomic E-state index is -0.0357. The SMILES string of the molecule is Cc1c(C)n(C2CCC(CC3CCC(n4ccc(=O)c(OCc5ccccc5)c4C)CC3)CC2)ccc1=O. The van der Waals surface area contributed by atoms with Gasteiger partial charge in [0, 0.05) is 47.9 Å². The molecule has 0 N–H and O–H groups in total. The van der Waals surface area contributed by atoms with Gasteiger partial charge in [-0.2, -0.15) is 0 Å². The molecule has 0 aliphatic heterocycles. The Hall–Kier alpha value is -3.08. The number of benzene rings is 1. The Balaban J connectivity index is 1.13. The lowest BCUT2D eigenvalue weighted by Crippen LogP contribution is -2.25. The number of ether oxygens (including phenoxy) is 1. The van der Waals surface area contributed by atoms with Crippen molar-refractivity contribution in [3.05, 3.63) is 97.8 Å². The average molecular weight is 515 g/mol. The number of rotatable bonds is 7. The monoisotopic (exact) mass is 514 g/mol. The zero-order chi connectivity index (χ0) is 26.6. The molecule has 0 unspecified atom stereocenters. The summed E-state index contributed by atoms with van der Waals surface area (Å²) in [5.74, 6) is 2.11. The summed E-state index contributed by atoms with van der Waals surface area (Å²) in [5.41, 5.74) is 4.15. The number of hydrogen-bond donors (Lipinski definition) is 0. The van der Waals surface area contributed by atoms with E-state index in [2.05, 4.69) is 16.1 Å². The van der Waals surface area contributed by atoms with E-state index in [0.717, 1.165) is 47.2 Å². The second-order valence-corrected chi connectivity index (χ2v) is 11.7. The van der Waals surface area contributed by atoms with Crippen molar-refractivity contribution in [2.75, 3.05) is 0 Å². The third-order valence-electron chi connectivity index (χ3n) is 9.32. The molecule has 2 aliphatic rings. The molecule has 0 saturated heterocycles. The standard InChI is InChI=1S/C33H42N2O3/c1-23-24(2)34(19-17-31(23)36)29-13-9-26(10-14-29)21-27-11-15-30(16-12-27)35-20-18-32(37)33(25(35)3)38-22-28-7-5-4-6-8-28/h4-8,17-20,26-27,29-30H,9-16,21-22H2,1-3H3. The maximum atomic E-state index is 12.6. The molecule has 5 heteroatoms. The van der Waals surface area contributed by atoms with Crippen LogP contribution in [-0.2, 0) is 6.61 Å². The van der Waals surface area contributed by atoms with E-state index < -0.39 is 0 Å². The molecular weight excluding hydrogens is 472 g/mol. The number of aromatic nitrogens is 2. The van der Waals surface area contributed by atoms with Crippen LogP contribution in [0.25, 0.3) is 0 Å². The first-order valence-electron chi connectivity index (χ1n) is 14.5. The maximum Gasteiger partial charge on any atom is 0.223 e. The number of nitrogens with zero attached hydrogens (tertiary/aromatic N) is 2. The Kier molecular flexibility index (Phi) is 8.21. The molecule has 3 aromatic rings. The van der Waals surface area contributed by atoms with Crippen LogP contribution in [0.1, 0.15) is 92.4 Å². The van der Waals surface area contributed by atoms with Crippen LogP contribution < -0.4 is 15.6 Å². The van der Waals surface area contributed by atoms with E-state index in [1.807, 2.05) is 56.6 Å². The van der Waals surface area contributed by atoms with Gasteiger partial charge in [0.1, 0.15) is 6.61 Å². The average Bonchev–Trinajstić information content (AvgIpc) is 2.94. The molecule has 0 bridgehead atoms. The van der Waals surface area contributed by atoms with Gasteiger partial charge in [0.05, 0.1) is 5.69 Å². The fraction of sp³-hybridized carbons (Fsp3) is 0.515. The van der Waals surface area contributed by atoms with E-state index in [9.17, 15) is 9.59 Å². The minimum Gasteiger partial charge on any atom is -0.483 e. The van der Waals surface area contributed by atoms with E-state index in [-0.39, 0.29) is 10.9 Å². The van der Waals surface area contributed by atoms with Crippen LogP contribution in [0.15, 0.2) is 64.4 Å². The Morgan fingerprint density at radius 2 is 1.21 bits per heavy atom. The summed E-state index contributed by atoms with van der Waals surface area (Å²) in [6.45, 7) is 6.48. The third kappa shape index (κ3) is 5.82. The van der Waals surface area contributed by atoms with E-state index >= 15 is 0 Å². The molecule has 2 heterocycles. The predicted molar refractivity (Wildman–Crippen MR) is 153 cm³/mol. The second-order valence-electron chi connectivity index (χ2n) is 11.7. The fourth-order valence-electron chi connectivity index (χ4n) is 6.87. The van der Waals surface area contributed by atoms with E-state index in [4.69, 9.17) is 4.74 Å². The number of hydrogen-bond acceptors (Lipinski definition) is 3. The molecule has 0 atom stereocenters. The van der Waals surface area contributed by atoms with E-state index in [1.54, 1.807) is 12.1 Å². The Bertz CT molecular complexity index is 1340. The Morgan fingerprint density at radius 3 is 1.79 bits per heavy atom. The van der Waals surface area contributed by atoms with Crippen LogP contribution in [0, 0.1) is 32.6 Å². The zero-order valence-corrected chi connectivity index (χ0v) is 23.2. The fourth-order valence-corrected chi connectivity index (χ4v) is 6.87. The normalized spacial score (nSPS) is 23.8. The summed E-state index contributed by atoms with van der Waals surface area (Å²) in [6, 6.07) is 14.4. The molecule has 2 saturated carbocycles. The molecule has 2 aliphatic carbocycles. The molecule has 2 aromatic heterocycles. The first-order chi connectivity index (χ1) is 18.4. The summed E-state index contributed by atoms with van der Waals surface area (Å²) in [5, 5.41) is 0. The molecule has 5 rings (SSSR count). The lowest BCUT2D eigenvalue weighted by Gasteiger charge is -2.36. The summed E-state index contributed by atoms with van der Waals surface area (Å²) in [4.78, 5) is 24.5. The van der Waals surface area contributed by atoms with Crippen LogP contribution in [0.3, 0.4) is 0 Å². The first kappa shape index (κ1) is 26.5. The molecule has 5 nitrogen and oxygen atoms in total. The highest BCUT2D eigenvalue weighted by Gasteiger charge is 2.29. The van der Waals surface area contributed by atoms with Crippen LogP contribution >= 0.6 is 0 Å². The number of pyridine rings is 2. The van der Waals surface area contributed by atoms with Crippen LogP contribution in [0.5, 0.6) is 5.75 Å². The van der Waals surface area contributed by atoms with Gasteiger partial charge >= 0.3 is 0 Å². The van der Waals surface area contributed by atoms with Gasteiger partial charge in [-0.05, 0) is 96.0 Å². The van der Waals surface area contributed by atoms with Gasteiger partial charge in [-0.15, -0.1) is 0 Å². The molecule has 0 radical (unpaired) electrons. The Labute approximate surface area is 226 Å². The maximum absolute atomic E-state index is 12.6. The van der Waals surface area contributed by atoms with Crippen LogP contribution in [0.4, 0.5) is 0 Å². The van der Waals surface area contributed by atoms with Crippen molar-refractivity contribution in [1.82, 2.24) is 9.13 Å². The van der Waals surface area contributed by atoms with Gasteiger partial charge in [-0.25, -0.2) is 0 Å². The first-order valence-corrected chi connectivity index (χ1v) is 14.5. The summed E-state index contributed by atoms with van der Waals surface area (Å²) in [7, 11) is 0. The molecule has 2 fully saturated rings. The quantitative estimate of drug-likeness (QED) is 0.339. The topological polar surface area (TPSA) is 53.2 Å². The molecule has 0 spiro atoms. The van der Waals surface area contributed by atoms with E-state index in [0.29, 0.717) is 24.4 Å². The lowest BCUT2D eigenvalue weighted by molar-refractivity contribution is 0.191. The zero-order valence-electron chi connectivity index (χ0n) is 23.2. The highest BCUT2D eigenvalue weighted by molar-refractivity contribution is 5.28. The lowest BCUT2D eigenvalue weighted by atomic mass is 9.75. The largest absolute Gasteiger partial charge is 0.483 e. The van der Waals surface area contributed by atoms with Gasteiger partial charge in [-0.3, -0.25) is 9.59 Å². The predicted octanol–water partition coefficient (Wildman–Crippen LogP) is 7.07. The highest BCUT2D eigenvalue weighted by atomic mass is 16.5. The third-order valence-corrected chi connectivity index (χ3v) is 9.32. The molecular formula is C33H42N2O3. The Morgan fingerprint density at radius 1 is 0.684 bits per heavy atom. The molecule has 38 heavy (non-hydrogen) atoms. The van der Waals surface area contributed by atoms with Crippen molar-refractivity contribution >= 4 is 0 Å². The van der Waals surface area contributed by atoms with Crippen molar-refractivity contribution in [3.8, 4) is 5.75 Å². The van der Waals surface area contributed by atoms with Crippen molar-refractivity contribution in [2.45, 2.75) is 97.2 Å². The molecule has 1 aromatic carbocycles. The van der Waals surface area contributed by atoms with Crippen LogP contribution in [0.2, 0.25) is 0 Å². The van der Waals surface area contributed by atoms with Crippen molar-refractivity contribution in [2.24, 2.45) is 11.8 Å². The molecule has 202 valence electrons. The van der Waals surface area contributed by atoms with Crippen molar-refractivity contribution in [1.29, 1.82) is 0 Å². The second kappa shape index (κ2) is 11.8. The van der Waals surface area contributed by atoms with Gasteiger partial charge in [0.15, 0.2) is 11.2 Å². The summed E-state index contributed by atoms with van der Waals surface area (Å²) < 4.78 is 10.7. The van der Waals surface area contributed by atoms with Crippen molar-refractivity contribution in [3.63, 3.8) is 0 Å². The smallest absolute Gasteiger partial charge is 0.223 e.